The first-order valence-electron chi connectivity index (χ1n) is 3.57. The number of hydrogen-bond acceptors (Lipinski definition) is 3. The van der Waals surface area contributed by atoms with E-state index in [2.05, 4.69) is 4.31 Å². The van der Waals surface area contributed by atoms with Gasteiger partial charge in [-0.25, -0.2) is 0 Å². The molecule has 0 aromatic carbocycles. The molecule has 0 fully saturated rings. The van der Waals surface area contributed by atoms with Crippen LogP contribution in [0.25, 0.3) is 0 Å². The van der Waals surface area contributed by atoms with E-state index in [1.54, 1.807) is 0 Å². The van der Waals surface area contributed by atoms with Crippen LogP contribution in [0, 0.1) is 0 Å². The highest BCUT2D eigenvalue weighted by molar-refractivity contribution is 7.54. The van der Waals surface area contributed by atoms with Crippen LogP contribution in [-0.4, -0.2) is 23.7 Å². The molecule has 15 heteroatoms. The van der Waals surface area contributed by atoms with Gasteiger partial charge in [0.2, 0.25) is 0 Å². The minimum absolute atomic E-state index is 2.51. The Morgan fingerprint density at radius 1 is 0.579 bits per heavy atom. The van der Waals surface area contributed by atoms with E-state index in [0.29, 0.717) is 0 Å². The Labute approximate surface area is 98.2 Å². The molecule has 0 amide bonds. The number of alkyl halides is 10. The summed E-state index contributed by atoms with van der Waals surface area (Å²) >= 11 is 0. The molecule has 0 heterocycles. The molecule has 112 valence electrons. The molecule has 0 rings (SSSR count). The van der Waals surface area contributed by atoms with Gasteiger partial charge in [0.05, 0.1) is 0 Å². The van der Waals surface area contributed by atoms with Crippen molar-refractivity contribution in [3.63, 3.8) is 0 Å². The predicted molar refractivity (Wildman–Crippen MR) is 38.3 cm³/mol. The summed E-state index contributed by atoms with van der Waals surface area (Å²) in [4.78, 5) is 0. The minimum Gasteiger partial charge on any atom is -0.161 e. The van der Waals surface area contributed by atoms with Crippen molar-refractivity contribution >= 4 is 16.1 Å². The smallest absolute Gasteiger partial charge is 0.161 e. The van der Waals surface area contributed by atoms with Crippen LogP contribution < -0.4 is 0 Å². The van der Waals surface area contributed by atoms with Gasteiger partial charge in [-0.3, -0.25) is 0 Å². The van der Waals surface area contributed by atoms with Gasteiger partial charge < -0.3 is 0 Å². The SMILES string of the molecule is O=[P+](O[P+](=O)C(F)(F)C(F)(F)F)C(F)(F)C(F)(F)F. The molecule has 0 aromatic rings. The van der Waals surface area contributed by atoms with Crippen molar-refractivity contribution < 1.29 is 57.3 Å². The van der Waals surface area contributed by atoms with Gasteiger partial charge in [0.15, 0.2) is 0 Å². The summed E-state index contributed by atoms with van der Waals surface area (Å²) in [5.74, 6) is 0. The Balaban J connectivity index is 5.11. The lowest BCUT2D eigenvalue weighted by Crippen LogP contribution is -2.35. The van der Waals surface area contributed by atoms with Crippen molar-refractivity contribution in [1.82, 2.24) is 0 Å². The van der Waals surface area contributed by atoms with Crippen molar-refractivity contribution in [2.24, 2.45) is 0 Å². The maximum absolute atomic E-state index is 12.2. The Hall–Kier alpha value is -0.540. The molecule has 0 spiro atoms. The Bertz CT molecular complexity index is 347. The average molecular weight is 348 g/mol. The lowest BCUT2D eigenvalue weighted by atomic mass is 10.7. The first-order valence-corrected chi connectivity index (χ1v) is 5.92. The highest BCUT2D eigenvalue weighted by Gasteiger charge is 2.83. The van der Waals surface area contributed by atoms with Gasteiger partial charge in [0.1, 0.15) is 4.31 Å². The van der Waals surface area contributed by atoms with E-state index in [9.17, 15) is 53.0 Å². The molecule has 0 N–H and O–H groups in total. The van der Waals surface area contributed by atoms with Crippen molar-refractivity contribution in [2.45, 2.75) is 23.7 Å². The maximum Gasteiger partial charge on any atom is 0.648 e. The van der Waals surface area contributed by atoms with Crippen LogP contribution in [0.2, 0.25) is 0 Å². The fourth-order valence-electron chi connectivity index (χ4n) is 0.377. The lowest BCUT2D eigenvalue weighted by molar-refractivity contribution is -0.246. The van der Waals surface area contributed by atoms with Gasteiger partial charge >= 0.3 is 39.7 Å². The Morgan fingerprint density at radius 2 is 0.789 bits per heavy atom. The van der Waals surface area contributed by atoms with Gasteiger partial charge in [-0.1, -0.05) is 0 Å². The van der Waals surface area contributed by atoms with Crippen molar-refractivity contribution in [3.8, 4) is 0 Å². The zero-order valence-corrected chi connectivity index (χ0v) is 9.69. The number of halogens is 10. The van der Waals surface area contributed by atoms with Crippen LogP contribution in [0.15, 0.2) is 0 Å². The molecule has 19 heavy (non-hydrogen) atoms. The third kappa shape index (κ3) is 3.73. The summed E-state index contributed by atoms with van der Waals surface area (Å²) in [6.45, 7) is 0. The molecule has 0 aromatic heterocycles. The molecule has 3 nitrogen and oxygen atoms in total. The summed E-state index contributed by atoms with van der Waals surface area (Å²) < 4.78 is 141. The molecule has 0 aliphatic carbocycles. The van der Waals surface area contributed by atoms with Crippen LogP contribution in [0.3, 0.4) is 0 Å². The van der Waals surface area contributed by atoms with Crippen molar-refractivity contribution in [3.05, 3.63) is 0 Å². The molecular weight excluding hydrogens is 348 g/mol. The Kier molecular flexibility index (Phi) is 4.95. The lowest BCUT2D eigenvalue weighted by Gasteiger charge is -2.07. The average Bonchev–Trinajstić information content (AvgIpc) is 2.13. The quantitative estimate of drug-likeness (QED) is 0.542. The topological polar surface area (TPSA) is 43.4 Å². The fourth-order valence-corrected chi connectivity index (χ4v) is 2.15. The summed E-state index contributed by atoms with van der Waals surface area (Å²) in [6.07, 6.45) is -13.1. The van der Waals surface area contributed by atoms with Crippen LogP contribution >= 0.6 is 16.1 Å². The zero-order valence-electron chi connectivity index (χ0n) is 7.90. The van der Waals surface area contributed by atoms with E-state index in [-0.39, 0.29) is 0 Å². The summed E-state index contributed by atoms with van der Waals surface area (Å²) in [6, 6.07) is 0. The van der Waals surface area contributed by atoms with Crippen LogP contribution in [-0.2, 0) is 13.4 Å². The van der Waals surface area contributed by atoms with Crippen molar-refractivity contribution in [2.75, 3.05) is 0 Å². The standard InChI is InChI=1S/C4F10O3P2/c5-1(6,7)3(11,12)18(15)17-19(16)4(13,14)2(8,9)10/q+2. The molecule has 0 bridgehead atoms. The van der Waals surface area contributed by atoms with E-state index >= 15 is 0 Å². The Morgan fingerprint density at radius 3 is 0.947 bits per heavy atom. The molecular formula is C4F10O3P2+2. The second-order valence-corrected chi connectivity index (χ2v) is 5.48. The highest BCUT2D eigenvalue weighted by atomic mass is 31.2. The van der Waals surface area contributed by atoms with E-state index < -0.39 is 39.7 Å². The second kappa shape index (κ2) is 5.10. The third-order valence-electron chi connectivity index (χ3n) is 1.29. The third-order valence-corrected chi connectivity index (χ3v) is 3.90. The van der Waals surface area contributed by atoms with Gasteiger partial charge in [0.25, 0.3) is 0 Å². The zero-order chi connectivity index (χ0) is 15.9. The van der Waals surface area contributed by atoms with E-state index in [1.165, 1.54) is 0 Å². The van der Waals surface area contributed by atoms with Crippen molar-refractivity contribution in [1.29, 1.82) is 0 Å². The first-order chi connectivity index (χ1) is 8.05. The molecule has 0 saturated carbocycles. The van der Waals surface area contributed by atoms with E-state index in [1.807, 2.05) is 0 Å². The van der Waals surface area contributed by atoms with Gasteiger partial charge in [-0.15, -0.1) is 17.6 Å². The molecule has 0 aliphatic rings. The van der Waals surface area contributed by atoms with Gasteiger partial charge in [-0.05, 0) is 9.13 Å². The van der Waals surface area contributed by atoms with E-state index in [4.69, 9.17) is 0 Å². The molecule has 0 aliphatic heterocycles. The molecule has 2 atom stereocenters. The number of hydrogen-bond donors (Lipinski definition) is 0. The molecule has 0 radical (unpaired) electrons. The predicted octanol–water partition coefficient (Wildman–Crippen LogP) is 4.80. The van der Waals surface area contributed by atoms with Gasteiger partial charge in [-0.2, -0.15) is 26.3 Å². The largest absolute Gasteiger partial charge is 0.648 e. The minimum atomic E-state index is -6.54. The molecule has 0 saturated heterocycles. The summed E-state index contributed by atoms with van der Waals surface area (Å²) in [5.41, 5.74) is -12.5. The van der Waals surface area contributed by atoms with Crippen LogP contribution in [0.4, 0.5) is 43.9 Å². The maximum atomic E-state index is 12.2. The summed E-state index contributed by atoms with van der Waals surface area (Å²) in [7, 11) is -10.9. The number of rotatable bonds is 4. The monoisotopic (exact) mass is 348 g/mol. The fraction of sp³-hybridized carbons (Fsp3) is 1.00. The van der Waals surface area contributed by atoms with Crippen LogP contribution in [0.5, 0.6) is 0 Å². The van der Waals surface area contributed by atoms with Crippen LogP contribution in [0.1, 0.15) is 0 Å². The molecule has 2 unspecified atom stereocenters. The normalized spacial score (nSPS) is 16.3. The highest BCUT2D eigenvalue weighted by Crippen LogP contribution is 2.62. The van der Waals surface area contributed by atoms with E-state index in [0.717, 1.165) is 0 Å². The second-order valence-electron chi connectivity index (χ2n) is 2.67. The van der Waals surface area contributed by atoms with Gasteiger partial charge in [0, 0.05) is 0 Å². The summed E-state index contributed by atoms with van der Waals surface area (Å²) in [5, 5.41) is 0. The first kappa shape index (κ1) is 18.5.